The number of nitrogens with one attached hydrogen (secondary N) is 2. The molecule has 3 rings (SSSR count). The lowest BCUT2D eigenvalue weighted by atomic mass is 10.1. The van der Waals surface area contributed by atoms with E-state index in [9.17, 15) is 4.79 Å². The molecule has 5 nitrogen and oxygen atoms in total. The number of amides is 1. The quantitative estimate of drug-likeness (QED) is 0.827. The zero-order valence-electron chi connectivity index (χ0n) is 12.1. The summed E-state index contributed by atoms with van der Waals surface area (Å²) >= 11 is 1.71. The van der Waals surface area contributed by atoms with Gasteiger partial charge in [-0.05, 0) is 30.4 Å². The summed E-state index contributed by atoms with van der Waals surface area (Å²) in [5, 5.41) is 6.41. The minimum atomic E-state index is 0.150. The van der Waals surface area contributed by atoms with Crippen molar-refractivity contribution >= 4 is 17.7 Å². The van der Waals surface area contributed by atoms with E-state index in [0.717, 1.165) is 24.5 Å². The first-order chi connectivity index (χ1) is 10.3. The van der Waals surface area contributed by atoms with Gasteiger partial charge < -0.3 is 20.1 Å². The van der Waals surface area contributed by atoms with Crippen molar-refractivity contribution in [2.45, 2.75) is 30.3 Å². The Balaban J connectivity index is 1.68. The molecule has 2 aliphatic heterocycles. The molecule has 2 aliphatic rings. The van der Waals surface area contributed by atoms with Crippen LogP contribution in [-0.4, -0.2) is 38.0 Å². The van der Waals surface area contributed by atoms with Crippen LogP contribution in [0.15, 0.2) is 17.0 Å². The molecule has 1 fully saturated rings. The predicted molar refractivity (Wildman–Crippen MR) is 82.1 cm³/mol. The Labute approximate surface area is 128 Å². The first-order valence-electron chi connectivity index (χ1n) is 7.23. The Morgan fingerprint density at radius 1 is 1.33 bits per heavy atom. The van der Waals surface area contributed by atoms with E-state index < -0.39 is 0 Å². The van der Waals surface area contributed by atoms with Crippen molar-refractivity contribution in [2.75, 3.05) is 26.0 Å². The van der Waals surface area contributed by atoms with E-state index in [-0.39, 0.29) is 5.91 Å². The largest absolute Gasteiger partial charge is 0.486 e. The van der Waals surface area contributed by atoms with Gasteiger partial charge in [0.1, 0.15) is 13.2 Å². The topological polar surface area (TPSA) is 59.6 Å². The maximum Gasteiger partial charge on any atom is 0.220 e. The molecule has 0 aliphatic carbocycles. The third-order valence-corrected chi connectivity index (χ3v) is 4.61. The molecule has 2 N–H and O–H groups in total. The number of carbonyl (C=O) groups excluding carboxylic acids is 1. The van der Waals surface area contributed by atoms with Gasteiger partial charge in [0.25, 0.3) is 0 Å². The third kappa shape index (κ3) is 3.44. The molecule has 2 heterocycles. The van der Waals surface area contributed by atoms with Crippen LogP contribution in [0.1, 0.15) is 18.4 Å². The fraction of sp³-hybridized carbons (Fsp3) is 0.533. The fourth-order valence-electron chi connectivity index (χ4n) is 2.60. The Kier molecular flexibility index (Phi) is 4.55. The molecule has 0 saturated carbocycles. The van der Waals surface area contributed by atoms with Crippen molar-refractivity contribution < 1.29 is 14.3 Å². The van der Waals surface area contributed by atoms with Crippen LogP contribution in [0.25, 0.3) is 0 Å². The molecule has 21 heavy (non-hydrogen) atoms. The fourth-order valence-corrected chi connectivity index (χ4v) is 3.22. The van der Waals surface area contributed by atoms with E-state index >= 15 is 0 Å². The zero-order chi connectivity index (χ0) is 14.7. The predicted octanol–water partition coefficient (Wildman–Crippen LogP) is 1.55. The van der Waals surface area contributed by atoms with E-state index in [0.29, 0.717) is 32.2 Å². The molecule has 1 saturated heterocycles. The molecular formula is C15H20N2O3S. The van der Waals surface area contributed by atoms with Crippen LogP contribution in [0.5, 0.6) is 11.5 Å². The van der Waals surface area contributed by atoms with E-state index in [4.69, 9.17) is 9.47 Å². The van der Waals surface area contributed by atoms with E-state index in [1.165, 1.54) is 10.5 Å². The Bertz CT molecular complexity index is 526. The van der Waals surface area contributed by atoms with Gasteiger partial charge in [0.2, 0.25) is 5.91 Å². The SMILES string of the molecule is CSc1cc2c(cc1CNC1CCC(=O)NC1)OCCO2. The summed E-state index contributed by atoms with van der Waals surface area (Å²) in [7, 11) is 0. The van der Waals surface area contributed by atoms with Crippen molar-refractivity contribution in [2.24, 2.45) is 0 Å². The van der Waals surface area contributed by atoms with E-state index in [1.54, 1.807) is 11.8 Å². The van der Waals surface area contributed by atoms with Gasteiger partial charge in [-0.1, -0.05) is 0 Å². The lowest BCUT2D eigenvalue weighted by molar-refractivity contribution is -0.122. The van der Waals surface area contributed by atoms with Gasteiger partial charge in [-0.15, -0.1) is 11.8 Å². The number of hydrogen-bond donors (Lipinski definition) is 2. The molecule has 1 unspecified atom stereocenters. The molecule has 0 bridgehead atoms. The first kappa shape index (κ1) is 14.5. The van der Waals surface area contributed by atoms with Crippen molar-refractivity contribution in [1.29, 1.82) is 0 Å². The van der Waals surface area contributed by atoms with Crippen LogP contribution in [0, 0.1) is 0 Å². The molecule has 114 valence electrons. The second kappa shape index (κ2) is 6.58. The molecule has 6 heteroatoms. The van der Waals surface area contributed by atoms with Crippen LogP contribution in [-0.2, 0) is 11.3 Å². The monoisotopic (exact) mass is 308 g/mol. The van der Waals surface area contributed by atoms with Crippen LogP contribution in [0.2, 0.25) is 0 Å². The Morgan fingerprint density at radius 3 is 2.76 bits per heavy atom. The van der Waals surface area contributed by atoms with Gasteiger partial charge in [0, 0.05) is 30.4 Å². The number of thioether (sulfide) groups is 1. The lowest BCUT2D eigenvalue weighted by Gasteiger charge is -2.25. The number of rotatable bonds is 4. The molecule has 1 atom stereocenters. The van der Waals surface area contributed by atoms with Gasteiger partial charge in [-0.3, -0.25) is 4.79 Å². The molecule has 1 amide bonds. The summed E-state index contributed by atoms with van der Waals surface area (Å²) in [4.78, 5) is 12.4. The average molecular weight is 308 g/mol. The molecular weight excluding hydrogens is 288 g/mol. The van der Waals surface area contributed by atoms with Crippen LogP contribution in [0.4, 0.5) is 0 Å². The zero-order valence-corrected chi connectivity index (χ0v) is 12.9. The minimum Gasteiger partial charge on any atom is -0.486 e. The standard InChI is InChI=1S/C15H20N2O3S/c1-21-14-7-13-12(19-4-5-20-13)6-10(14)8-16-11-2-3-15(18)17-9-11/h6-7,11,16H,2-5,8-9H2,1H3,(H,17,18). The minimum absolute atomic E-state index is 0.150. The summed E-state index contributed by atoms with van der Waals surface area (Å²) in [6.07, 6.45) is 3.56. The Hall–Kier alpha value is -1.40. The van der Waals surface area contributed by atoms with Gasteiger partial charge in [-0.25, -0.2) is 0 Å². The average Bonchev–Trinajstić information content (AvgIpc) is 2.53. The maximum absolute atomic E-state index is 11.2. The third-order valence-electron chi connectivity index (χ3n) is 3.79. The molecule has 1 aromatic carbocycles. The summed E-state index contributed by atoms with van der Waals surface area (Å²) in [5.74, 6) is 1.81. The van der Waals surface area contributed by atoms with E-state index in [1.807, 2.05) is 0 Å². The molecule has 1 aromatic rings. The number of ether oxygens (including phenoxy) is 2. The smallest absolute Gasteiger partial charge is 0.220 e. The number of carbonyl (C=O) groups is 1. The highest BCUT2D eigenvalue weighted by molar-refractivity contribution is 7.98. The van der Waals surface area contributed by atoms with Gasteiger partial charge in [0.05, 0.1) is 0 Å². The Morgan fingerprint density at radius 2 is 2.10 bits per heavy atom. The summed E-state index contributed by atoms with van der Waals surface area (Å²) < 4.78 is 11.3. The van der Waals surface area contributed by atoms with Gasteiger partial charge in [-0.2, -0.15) is 0 Å². The highest BCUT2D eigenvalue weighted by Crippen LogP contribution is 2.36. The van der Waals surface area contributed by atoms with Crippen molar-refractivity contribution in [3.05, 3.63) is 17.7 Å². The molecule has 0 radical (unpaired) electrons. The highest BCUT2D eigenvalue weighted by Gasteiger charge is 2.19. The maximum atomic E-state index is 11.2. The summed E-state index contributed by atoms with van der Waals surface area (Å²) in [6.45, 7) is 2.69. The van der Waals surface area contributed by atoms with Crippen molar-refractivity contribution in [1.82, 2.24) is 10.6 Å². The van der Waals surface area contributed by atoms with Crippen LogP contribution in [0.3, 0.4) is 0 Å². The van der Waals surface area contributed by atoms with Crippen LogP contribution < -0.4 is 20.1 Å². The number of piperidine rings is 1. The summed E-state index contributed by atoms with van der Waals surface area (Å²) in [6, 6.07) is 4.46. The number of hydrogen-bond acceptors (Lipinski definition) is 5. The van der Waals surface area contributed by atoms with Crippen molar-refractivity contribution in [3.63, 3.8) is 0 Å². The summed E-state index contributed by atoms with van der Waals surface area (Å²) in [5.41, 5.74) is 1.21. The van der Waals surface area contributed by atoms with Gasteiger partial charge in [0.15, 0.2) is 11.5 Å². The van der Waals surface area contributed by atoms with E-state index in [2.05, 4.69) is 29.0 Å². The normalized spacial score (nSPS) is 21.0. The highest BCUT2D eigenvalue weighted by atomic mass is 32.2. The first-order valence-corrected chi connectivity index (χ1v) is 8.45. The lowest BCUT2D eigenvalue weighted by Crippen LogP contribution is -2.45. The van der Waals surface area contributed by atoms with Crippen LogP contribution >= 0.6 is 11.8 Å². The second-order valence-corrected chi connectivity index (χ2v) is 6.08. The molecule has 0 aromatic heterocycles. The number of benzene rings is 1. The van der Waals surface area contributed by atoms with Crippen molar-refractivity contribution in [3.8, 4) is 11.5 Å². The van der Waals surface area contributed by atoms with Gasteiger partial charge >= 0.3 is 0 Å². The molecule has 0 spiro atoms. The second-order valence-electron chi connectivity index (χ2n) is 5.23. The number of fused-ring (bicyclic) bond motifs is 1.